The third-order valence-electron chi connectivity index (χ3n) is 3.20. The van der Waals surface area contributed by atoms with Crippen LogP contribution in [0.15, 0.2) is 24.3 Å². The molecular formula is C18H24N2O4. The van der Waals surface area contributed by atoms with E-state index in [4.69, 9.17) is 14.7 Å². The summed E-state index contributed by atoms with van der Waals surface area (Å²) >= 11 is 0. The number of hydrogen-bond acceptors (Lipinski definition) is 5. The van der Waals surface area contributed by atoms with Gasteiger partial charge in [0.05, 0.1) is 25.0 Å². The molecule has 0 N–H and O–H groups in total. The van der Waals surface area contributed by atoms with Crippen LogP contribution in [0.3, 0.4) is 0 Å². The lowest BCUT2D eigenvalue weighted by Crippen LogP contribution is -2.35. The lowest BCUT2D eigenvalue weighted by molar-refractivity contribution is -0.151. The van der Waals surface area contributed by atoms with E-state index in [0.717, 1.165) is 5.56 Å². The number of carbonyl (C=O) groups excluding carboxylic acids is 2. The lowest BCUT2D eigenvalue weighted by atomic mass is 10.1. The number of esters is 1. The molecule has 1 amide bonds. The molecule has 0 heterocycles. The van der Waals surface area contributed by atoms with Crippen molar-refractivity contribution in [2.45, 2.75) is 39.7 Å². The summed E-state index contributed by atoms with van der Waals surface area (Å²) < 4.78 is 10.6. The van der Waals surface area contributed by atoms with E-state index in [1.807, 2.05) is 45.0 Å². The highest BCUT2D eigenvalue weighted by atomic mass is 16.5. The van der Waals surface area contributed by atoms with Crippen molar-refractivity contribution in [2.24, 2.45) is 0 Å². The Balaban J connectivity index is 2.49. The molecule has 0 aromatic heterocycles. The Morgan fingerprint density at radius 2 is 2.08 bits per heavy atom. The summed E-state index contributed by atoms with van der Waals surface area (Å²) in [5, 5.41) is 8.57. The Kier molecular flexibility index (Phi) is 8.34. The van der Waals surface area contributed by atoms with Gasteiger partial charge < -0.3 is 14.4 Å². The van der Waals surface area contributed by atoms with Gasteiger partial charge in [-0.3, -0.25) is 9.59 Å². The maximum Gasteiger partial charge on any atom is 0.310 e. The van der Waals surface area contributed by atoms with Crippen molar-refractivity contribution < 1.29 is 19.1 Å². The number of carbonyl (C=O) groups is 2. The zero-order chi connectivity index (χ0) is 17.9. The van der Waals surface area contributed by atoms with Gasteiger partial charge in [0, 0.05) is 13.1 Å². The van der Waals surface area contributed by atoms with Crippen LogP contribution in [0.2, 0.25) is 0 Å². The zero-order valence-corrected chi connectivity index (χ0v) is 14.4. The highest BCUT2D eigenvalue weighted by molar-refractivity contribution is 5.81. The maximum absolute atomic E-state index is 11.9. The normalized spacial score (nSPS) is 10.1. The Labute approximate surface area is 143 Å². The molecule has 130 valence electrons. The second kappa shape index (κ2) is 10.3. The van der Waals surface area contributed by atoms with Crippen molar-refractivity contribution in [1.82, 2.24) is 4.90 Å². The summed E-state index contributed by atoms with van der Waals surface area (Å²) in [7, 11) is 0. The van der Waals surface area contributed by atoms with Gasteiger partial charge in [-0.25, -0.2) is 0 Å². The molecule has 0 aliphatic carbocycles. The molecule has 1 rings (SSSR count). The van der Waals surface area contributed by atoms with Crippen molar-refractivity contribution in [3.05, 3.63) is 29.8 Å². The summed E-state index contributed by atoms with van der Waals surface area (Å²) in [6.07, 6.45) is 0.390. The van der Waals surface area contributed by atoms with Crippen LogP contribution in [-0.4, -0.2) is 42.6 Å². The first-order chi connectivity index (χ1) is 11.5. The molecule has 0 aliphatic rings. The van der Waals surface area contributed by atoms with E-state index in [1.165, 1.54) is 4.90 Å². The van der Waals surface area contributed by atoms with Crippen LogP contribution in [0.5, 0.6) is 5.75 Å². The number of nitriles is 1. The van der Waals surface area contributed by atoms with Gasteiger partial charge in [-0.2, -0.15) is 5.26 Å². The summed E-state index contributed by atoms with van der Waals surface area (Å²) in [6, 6.07) is 9.22. The van der Waals surface area contributed by atoms with Gasteiger partial charge in [-0.1, -0.05) is 12.1 Å². The van der Waals surface area contributed by atoms with E-state index in [-0.39, 0.29) is 31.5 Å². The smallest absolute Gasteiger partial charge is 0.310 e. The molecule has 24 heavy (non-hydrogen) atoms. The highest BCUT2D eigenvalue weighted by Crippen LogP contribution is 2.15. The van der Waals surface area contributed by atoms with Gasteiger partial charge in [0.1, 0.15) is 5.75 Å². The Morgan fingerprint density at radius 3 is 2.71 bits per heavy atom. The van der Waals surface area contributed by atoms with Crippen LogP contribution in [-0.2, 0) is 20.7 Å². The van der Waals surface area contributed by atoms with Gasteiger partial charge in [0.15, 0.2) is 6.61 Å². The molecule has 0 atom stereocenters. The third-order valence-corrected chi connectivity index (χ3v) is 3.20. The van der Waals surface area contributed by atoms with E-state index in [2.05, 4.69) is 0 Å². The summed E-state index contributed by atoms with van der Waals surface area (Å²) in [5.74, 6) is -0.0700. The average Bonchev–Trinajstić information content (AvgIpc) is 2.53. The first-order valence-corrected chi connectivity index (χ1v) is 8.02. The molecular weight excluding hydrogens is 308 g/mol. The quantitative estimate of drug-likeness (QED) is 0.648. The molecule has 0 saturated heterocycles. The molecule has 0 fully saturated rings. The second-order valence-electron chi connectivity index (χ2n) is 5.53. The van der Waals surface area contributed by atoms with Crippen LogP contribution >= 0.6 is 0 Å². The predicted molar refractivity (Wildman–Crippen MR) is 89.4 cm³/mol. The first-order valence-electron chi connectivity index (χ1n) is 8.02. The SMILES string of the molecule is CCN(CCC#N)C(=O)COC(=O)Cc1cccc(OC(C)C)c1. The van der Waals surface area contributed by atoms with E-state index >= 15 is 0 Å². The summed E-state index contributed by atoms with van der Waals surface area (Å²) in [4.78, 5) is 25.3. The maximum atomic E-state index is 11.9. The number of hydrogen-bond donors (Lipinski definition) is 0. The standard InChI is InChI=1S/C18H24N2O4/c1-4-20(10-6-9-19)17(21)13-23-18(22)12-15-7-5-8-16(11-15)24-14(2)3/h5,7-8,11,14H,4,6,10,12-13H2,1-3H3. The van der Waals surface area contributed by atoms with E-state index < -0.39 is 5.97 Å². The molecule has 1 aromatic rings. The van der Waals surface area contributed by atoms with Crippen LogP contribution in [0.4, 0.5) is 0 Å². The van der Waals surface area contributed by atoms with Crippen molar-refractivity contribution in [3.63, 3.8) is 0 Å². The van der Waals surface area contributed by atoms with E-state index in [9.17, 15) is 9.59 Å². The van der Waals surface area contributed by atoms with Gasteiger partial charge in [-0.05, 0) is 38.5 Å². The van der Waals surface area contributed by atoms with Crippen LogP contribution in [0, 0.1) is 11.3 Å². The molecule has 6 nitrogen and oxygen atoms in total. The minimum absolute atomic E-state index is 0.0539. The number of amides is 1. The van der Waals surface area contributed by atoms with Crippen LogP contribution < -0.4 is 4.74 Å². The molecule has 0 radical (unpaired) electrons. The Morgan fingerprint density at radius 1 is 1.33 bits per heavy atom. The van der Waals surface area contributed by atoms with E-state index in [1.54, 1.807) is 6.07 Å². The minimum Gasteiger partial charge on any atom is -0.491 e. The van der Waals surface area contributed by atoms with Gasteiger partial charge in [0.2, 0.25) is 0 Å². The minimum atomic E-state index is -0.471. The zero-order valence-electron chi connectivity index (χ0n) is 14.4. The van der Waals surface area contributed by atoms with Crippen molar-refractivity contribution in [3.8, 4) is 11.8 Å². The molecule has 0 saturated carbocycles. The molecule has 1 aromatic carbocycles. The molecule has 0 bridgehead atoms. The average molecular weight is 332 g/mol. The van der Waals surface area contributed by atoms with E-state index in [0.29, 0.717) is 18.8 Å². The highest BCUT2D eigenvalue weighted by Gasteiger charge is 2.14. The fourth-order valence-corrected chi connectivity index (χ4v) is 2.10. The topological polar surface area (TPSA) is 79.6 Å². The van der Waals surface area contributed by atoms with Crippen LogP contribution in [0.25, 0.3) is 0 Å². The van der Waals surface area contributed by atoms with Crippen molar-refractivity contribution in [2.75, 3.05) is 19.7 Å². The number of nitrogens with zero attached hydrogens (tertiary/aromatic N) is 2. The largest absolute Gasteiger partial charge is 0.491 e. The molecule has 0 unspecified atom stereocenters. The summed E-state index contributed by atoms with van der Waals surface area (Å²) in [6.45, 7) is 6.19. The van der Waals surface area contributed by atoms with Crippen molar-refractivity contribution in [1.29, 1.82) is 5.26 Å². The van der Waals surface area contributed by atoms with Gasteiger partial charge in [-0.15, -0.1) is 0 Å². The molecule has 6 heteroatoms. The number of likely N-dealkylation sites (N-methyl/N-ethyl adjacent to an activating group) is 1. The summed E-state index contributed by atoms with van der Waals surface area (Å²) in [5.41, 5.74) is 0.766. The van der Waals surface area contributed by atoms with Gasteiger partial charge in [0.25, 0.3) is 5.91 Å². The predicted octanol–water partition coefficient (Wildman–Crippen LogP) is 2.32. The number of benzene rings is 1. The van der Waals surface area contributed by atoms with Crippen molar-refractivity contribution >= 4 is 11.9 Å². The van der Waals surface area contributed by atoms with Crippen LogP contribution in [0.1, 0.15) is 32.8 Å². The number of rotatable bonds is 9. The lowest BCUT2D eigenvalue weighted by Gasteiger charge is -2.19. The Bertz CT molecular complexity index is 593. The molecule has 0 aliphatic heterocycles. The first kappa shape index (κ1) is 19.5. The third kappa shape index (κ3) is 7.14. The second-order valence-corrected chi connectivity index (χ2v) is 5.53. The Hall–Kier alpha value is -2.55. The fourth-order valence-electron chi connectivity index (χ4n) is 2.10. The molecule has 0 spiro atoms. The van der Waals surface area contributed by atoms with Gasteiger partial charge >= 0.3 is 5.97 Å². The monoisotopic (exact) mass is 332 g/mol. The number of ether oxygens (including phenoxy) is 2. The fraction of sp³-hybridized carbons (Fsp3) is 0.500.